The summed E-state index contributed by atoms with van der Waals surface area (Å²) in [6.45, 7) is 5.86. The van der Waals surface area contributed by atoms with Gasteiger partial charge in [-0.05, 0) is 20.0 Å². The van der Waals surface area contributed by atoms with E-state index in [1.54, 1.807) is 7.11 Å². The van der Waals surface area contributed by atoms with Crippen LogP contribution in [0.5, 0.6) is 0 Å². The number of likely N-dealkylation sites (tertiary alicyclic amines) is 1. The minimum atomic E-state index is -0.405. The lowest BCUT2D eigenvalue weighted by molar-refractivity contribution is 0.0412. The number of hydrogen-bond donors (Lipinski definition) is 1. The largest absolute Gasteiger partial charge is 0.444 e. The van der Waals surface area contributed by atoms with Gasteiger partial charge in [0.15, 0.2) is 0 Å². The van der Waals surface area contributed by atoms with Crippen LogP contribution in [0.4, 0.5) is 0 Å². The van der Waals surface area contributed by atoms with Crippen molar-refractivity contribution < 1.29 is 14.3 Å². The number of hydrogen-bond acceptors (Lipinski definition) is 6. The lowest BCUT2D eigenvalue weighted by atomic mass is 10.2. The molecule has 1 N–H and O–H groups in total. The quantitative estimate of drug-likeness (QED) is 0.764. The van der Waals surface area contributed by atoms with Crippen LogP contribution in [0, 0.1) is 0 Å². The van der Waals surface area contributed by atoms with E-state index in [0.717, 1.165) is 44.1 Å². The average Bonchev–Trinajstić information content (AvgIpc) is 3.08. The van der Waals surface area contributed by atoms with E-state index < -0.39 is 6.10 Å². The molecule has 1 aromatic heterocycles. The monoisotopic (exact) mass is 297 g/mol. The molecular formula is C15H27N3O3. The minimum Gasteiger partial charge on any atom is -0.444 e. The number of aliphatic hydroxyl groups is 1. The Balaban J connectivity index is 1.77. The second-order valence-corrected chi connectivity index (χ2v) is 5.80. The number of oxazole rings is 1. The molecule has 6 nitrogen and oxygen atoms in total. The maximum atomic E-state index is 9.79. The van der Waals surface area contributed by atoms with Crippen LogP contribution in [0.2, 0.25) is 0 Å². The molecule has 0 radical (unpaired) electrons. The van der Waals surface area contributed by atoms with Gasteiger partial charge in [0, 0.05) is 32.7 Å². The van der Waals surface area contributed by atoms with Gasteiger partial charge in [0.25, 0.3) is 0 Å². The van der Waals surface area contributed by atoms with Gasteiger partial charge < -0.3 is 14.3 Å². The summed E-state index contributed by atoms with van der Waals surface area (Å²) < 4.78 is 10.6. The molecule has 0 amide bonds. The third kappa shape index (κ3) is 4.78. The summed E-state index contributed by atoms with van der Waals surface area (Å²) >= 11 is 0. The van der Waals surface area contributed by atoms with E-state index in [4.69, 9.17) is 9.15 Å². The molecule has 1 aliphatic heterocycles. The van der Waals surface area contributed by atoms with E-state index in [-0.39, 0.29) is 0 Å². The van der Waals surface area contributed by atoms with Gasteiger partial charge in [-0.2, -0.15) is 0 Å². The first-order valence-corrected chi connectivity index (χ1v) is 7.65. The van der Waals surface area contributed by atoms with Crippen molar-refractivity contribution in [2.75, 3.05) is 40.4 Å². The van der Waals surface area contributed by atoms with Gasteiger partial charge in [-0.25, -0.2) is 4.98 Å². The molecule has 0 bridgehead atoms. The molecule has 0 aromatic carbocycles. The van der Waals surface area contributed by atoms with Crippen molar-refractivity contribution in [2.45, 2.75) is 38.5 Å². The van der Waals surface area contributed by atoms with Gasteiger partial charge in [0.05, 0.1) is 25.5 Å². The van der Waals surface area contributed by atoms with Gasteiger partial charge in [-0.15, -0.1) is 0 Å². The van der Waals surface area contributed by atoms with Crippen LogP contribution in [-0.4, -0.2) is 72.4 Å². The first-order chi connectivity index (χ1) is 10.1. The average molecular weight is 297 g/mol. The molecule has 0 aliphatic carbocycles. The van der Waals surface area contributed by atoms with E-state index in [2.05, 4.69) is 28.8 Å². The van der Waals surface area contributed by atoms with Gasteiger partial charge in [0.2, 0.25) is 5.89 Å². The summed E-state index contributed by atoms with van der Waals surface area (Å²) in [6, 6.07) is 0.483. The topological polar surface area (TPSA) is 62.0 Å². The first-order valence-electron chi connectivity index (χ1n) is 7.65. The Morgan fingerprint density at radius 1 is 1.62 bits per heavy atom. The third-order valence-electron chi connectivity index (χ3n) is 4.03. The van der Waals surface area contributed by atoms with Crippen molar-refractivity contribution in [3.63, 3.8) is 0 Å². The molecular weight excluding hydrogens is 270 g/mol. The zero-order chi connectivity index (χ0) is 15.2. The summed E-state index contributed by atoms with van der Waals surface area (Å²) in [6.07, 6.45) is 3.39. The Hall–Kier alpha value is -0.950. The number of aromatic nitrogens is 1. The van der Waals surface area contributed by atoms with E-state index in [1.807, 2.05) is 6.20 Å². The maximum absolute atomic E-state index is 9.79. The Kier molecular flexibility index (Phi) is 6.17. The molecule has 21 heavy (non-hydrogen) atoms. The summed E-state index contributed by atoms with van der Waals surface area (Å²) in [5.41, 5.74) is 0. The summed E-state index contributed by atoms with van der Waals surface area (Å²) in [5.74, 6) is 1.72. The van der Waals surface area contributed by atoms with Crippen molar-refractivity contribution >= 4 is 0 Å². The van der Waals surface area contributed by atoms with Crippen molar-refractivity contribution in [3.8, 4) is 0 Å². The smallest absolute Gasteiger partial charge is 0.208 e. The predicted octanol–water partition coefficient (Wildman–Crippen LogP) is 0.750. The molecule has 1 aromatic rings. The van der Waals surface area contributed by atoms with Crippen molar-refractivity contribution in [1.82, 2.24) is 14.8 Å². The minimum absolute atomic E-state index is 0.396. The number of aliphatic hydroxyl groups excluding tert-OH is 1. The van der Waals surface area contributed by atoms with Crippen LogP contribution in [0.3, 0.4) is 0 Å². The normalized spacial score (nSPS) is 21.3. The summed E-state index contributed by atoms with van der Waals surface area (Å²) in [4.78, 5) is 8.89. The van der Waals surface area contributed by atoms with E-state index in [9.17, 15) is 5.11 Å². The number of aryl methyl sites for hydroxylation is 1. The molecule has 0 saturated carbocycles. The fraction of sp³-hybridized carbons (Fsp3) is 0.800. The third-order valence-corrected chi connectivity index (χ3v) is 4.03. The Labute approximate surface area is 126 Å². The first kappa shape index (κ1) is 16.4. The molecule has 1 fully saturated rings. The van der Waals surface area contributed by atoms with Gasteiger partial charge in [-0.3, -0.25) is 9.80 Å². The van der Waals surface area contributed by atoms with Gasteiger partial charge >= 0.3 is 0 Å². The Morgan fingerprint density at radius 2 is 2.43 bits per heavy atom. The number of likely N-dealkylation sites (N-methyl/N-ethyl adjacent to an activating group) is 1. The van der Waals surface area contributed by atoms with Crippen LogP contribution in [-0.2, 0) is 17.7 Å². The van der Waals surface area contributed by atoms with E-state index >= 15 is 0 Å². The Morgan fingerprint density at radius 3 is 3.10 bits per heavy atom. The lowest BCUT2D eigenvalue weighted by Gasteiger charge is -2.24. The number of β-amino-alcohol motifs (C(OH)–C–C–N with tert-alkyl or cyclic N) is 1. The van der Waals surface area contributed by atoms with Crippen molar-refractivity contribution in [1.29, 1.82) is 0 Å². The second kappa shape index (κ2) is 7.89. The number of rotatable bonds is 8. The van der Waals surface area contributed by atoms with E-state index in [0.29, 0.717) is 19.2 Å². The number of ether oxygens (including phenoxy) is 1. The number of methoxy groups -OCH3 is 1. The SMILES string of the molecule is CCc1cnc(CN(C)[C@H]2CCN(C[C@@H](O)COC)C2)o1. The molecule has 1 aliphatic rings. The zero-order valence-corrected chi connectivity index (χ0v) is 13.3. The second-order valence-electron chi connectivity index (χ2n) is 5.80. The predicted molar refractivity (Wildman–Crippen MR) is 80.1 cm³/mol. The van der Waals surface area contributed by atoms with Crippen LogP contribution in [0.15, 0.2) is 10.6 Å². The molecule has 0 unspecified atom stereocenters. The molecule has 2 rings (SSSR count). The highest BCUT2D eigenvalue weighted by Crippen LogP contribution is 2.17. The number of nitrogens with zero attached hydrogens (tertiary/aromatic N) is 3. The molecule has 2 heterocycles. The fourth-order valence-corrected chi connectivity index (χ4v) is 2.81. The zero-order valence-electron chi connectivity index (χ0n) is 13.3. The van der Waals surface area contributed by atoms with Crippen molar-refractivity contribution in [3.05, 3.63) is 17.8 Å². The summed E-state index contributed by atoms with van der Waals surface area (Å²) in [5, 5.41) is 9.79. The molecule has 6 heteroatoms. The maximum Gasteiger partial charge on any atom is 0.208 e. The van der Waals surface area contributed by atoms with Crippen LogP contribution in [0.1, 0.15) is 25.0 Å². The fourth-order valence-electron chi connectivity index (χ4n) is 2.81. The highest BCUT2D eigenvalue weighted by atomic mass is 16.5. The molecule has 2 atom stereocenters. The van der Waals surface area contributed by atoms with Gasteiger partial charge in [0.1, 0.15) is 5.76 Å². The van der Waals surface area contributed by atoms with Gasteiger partial charge in [-0.1, -0.05) is 6.92 Å². The van der Waals surface area contributed by atoms with Crippen LogP contribution >= 0.6 is 0 Å². The van der Waals surface area contributed by atoms with Crippen LogP contribution in [0.25, 0.3) is 0 Å². The van der Waals surface area contributed by atoms with E-state index in [1.165, 1.54) is 0 Å². The highest BCUT2D eigenvalue weighted by Gasteiger charge is 2.27. The standard InChI is InChI=1S/C15H27N3O3/c1-4-14-7-16-15(21-14)10-17(2)12-5-6-18(8-12)9-13(19)11-20-3/h7,12-13,19H,4-6,8-11H2,1-3H3/t12-,13+/m0/s1. The lowest BCUT2D eigenvalue weighted by Crippen LogP contribution is -2.37. The molecule has 120 valence electrons. The molecule has 0 spiro atoms. The van der Waals surface area contributed by atoms with Crippen molar-refractivity contribution in [2.24, 2.45) is 0 Å². The molecule has 1 saturated heterocycles. The Bertz CT molecular complexity index is 424. The summed E-state index contributed by atoms with van der Waals surface area (Å²) in [7, 11) is 3.72. The highest BCUT2D eigenvalue weighted by molar-refractivity contribution is 4.94. The van der Waals surface area contributed by atoms with Crippen LogP contribution < -0.4 is 0 Å².